The van der Waals surface area contributed by atoms with E-state index in [1.807, 2.05) is 6.92 Å². The van der Waals surface area contributed by atoms with Crippen molar-refractivity contribution in [1.29, 1.82) is 0 Å². The molecule has 0 aliphatic heterocycles. The van der Waals surface area contributed by atoms with Crippen molar-refractivity contribution in [2.24, 2.45) is 5.92 Å². The van der Waals surface area contributed by atoms with E-state index in [4.69, 9.17) is 4.74 Å². The Kier molecular flexibility index (Phi) is 8.36. The Balaban J connectivity index is 2.57. The Morgan fingerprint density at radius 3 is 2.62 bits per heavy atom. The molecule has 0 aromatic carbocycles. The lowest BCUT2D eigenvalue weighted by Gasteiger charge is -2.16. The zero-order chi connectivity index (χ0) is 15.7. The smallest absolute Gasteiger partial charge is 0.213 e. The van der Waals surface area contributed by atoms with Gasteiger partial charge in [0.05, 0.1) is 6.61 Å². The number of hydrogen-bond acceptors (Lipinski definition) is 3. The van der Waals surface area contributed by atoms with Crippen molar-refractivity contribution in [2.45, 2.75) is 72.9 Å². The van der Waals surface area contributed by atoms with Gasteiger partial charge in [-0.3, -0.25) is 0 Å². The second kappa shape index (κ2) is 9.78. The summed E-state index contributed by atoms with van der Waals surface area (Å²) in [5, 5.41) is 3.44. The Morgan fingerprint density at radius 1 is 1.24 bits per heavy atom. The maximum atomic E-state index is 5.95. The van der Waals surface area contributed by atoms with Gasteiger partial charge in [-0.15, -0.1) is 0 Å². The van der Waals surface area contributed by atoms with Gasteiger partial charge in [0.25, 0.3) is 0 Å². The quantitative estimate of drug-likeness (QED) is 0.690. The van der Waals surface area contributed by atoms with Crippen LogP contribution in [0.3, 0.4) is 0 Å². The predicted octanol–water partition coefficient (Wildman–Crippen LogP) is 4.48. The van der Waals surface area contributed by atoms with Crippen LogP contribution in [0.2, 0.25) is 0 Å². The third-order valence-electron chi connectivity index (χ3n) is 3.71. The maximum Gasteiger partial charge on any atom is 0.213 e. The minimum absolute atomic E-state index is 0.487. The van der Waals surface area contributed by atoms with Crippen LogP contribution in [-0.2, 0) is 6.54 Å². The van der Waals surface area contributed by atoms with Gasteiger partial charge < -0.3 is 10.1 Å². The number of hydrogen-bond donors (Lipinski definition) is 1. The first-order valence-electron chi connectivity index (χ1n) is 8.38. The summed E-state index contributed by atoms with van der Waals surface area (Å²) in [4.78, 5) is 4.50. The monoisotopic (exact) mass is 292 g/mol. The fourth-order valence-corrected chi connectivity index (χ4v) is 2.31. The molecule has 1 aromatic rings. The molecule has 0 aliphatic carbocycles. The highest BCUT2D eigenvalue weighted by Crippen LogP contribution is 2.17. The van der Waals surface area contributed by atoms with Crippen LogP contribution in [0.1, 0.15) is 64.6 Å². The predicted molar refractivity (Wildman–Crippen MR) is 89.8 cm³/mol. The molecule has 1 aromatic heterocycles. The number of nitrogens with one attached hydrogen (secondary N) is 1. The largest absolute Gasteiger partial charge is 0.477 e. The Bertz CT molecular complexity index is 404. The second-order valence-electron chi connectivity index (χ2n) is 6.22. The van der Waals surface area contributed by atoms with E-state index in [9.17, 15) is 0 Å². The van der Waals surface area contributed by atoms with E-state index in [-0.39, 0.29) is 0 Å². The van der Waals surface area contributed by atoms with Gasteiger partial charge in [0.2, 0.25) is 5.88 Å². The third kappa shape index (κ3) is 7.47. The molecule has 0 amide bonds. The summed E-state index contributed by atoms with van der Waals surface area (Å²) in [7, 11) is 0. The summed E-state index contributed by atoms with van der Waals surface area (Å²) >= 11 is 0. The molecule has 0 saturated heterocycles. The molecular formula is C18H32N2O. The van der Waals surface area contributed by atoms with E-state index < -0.39 is 0 Å². The van der Waals surface area contributed by atoms with Gasteiger partial charge in [0, 0.05) is 24.3 Å². The Morgan fingerprint density at radius 2 is 2.00 bits per heavy atom. The van der Waals surface area contributed by atoms with Gasteiger partial charge in [0.1, 0.15) is 0 Å². The zero-order valence-electron chi connectivity index (χ0n) is 14.4. The molecule has 0 bridgehead atoms. The van der Waals surface area contributed by atoms with Gasteiger partial charge in [-0.05, 0) is 30.9 Å². The molecule has 3 heteroatoms. The first-order chi connectivity index (χ1) is 10.0. The molecule has 0 saturated carbocycles. The number of unbranched alkanes of at least 4 members (excludes halogenated alkanes) is 1. The molecule has 0 spiro atoms. The normalized spacial score (nSPS) is 12.7. The van der Waals surface area contributed by atoms with Crippen LogP contribution < -0.4 is 10.1 Å². The highest BCUT2D eigenvalue weighted by Gasteiger charge is 2.08. The molecule has 1 atom stereocenters. The van der Waals surface area contributed by atoms with Crippen LogP contribution in [0.4, 0.5) is 0 Å². The molecule has 3 nitrogen and oxygen atoms in total. The summed E-state index contributed by atoms with van der Waals surface area (Å²) in [6.07, 6.45) is 4.96. The van der Waals surface area contributed by atoms with E-state index in [0.29, 0.717) is 12.0 Å². The maximum absolute atomic E-state index is 5.95. The molecule has 21 heavy (non-hydrogen) atoms. The van der Waals surface area contributed by atoms with Gasteiger partial charge in [0.15, 0.2) is 0 Å². The lowest BCUT2D eigenvalue weighted by Crippen LogP contribution is -2.22. The van der Waals surface area contributed by atoms with Crippen LogP contribution in [0, 0.1) is 12.8 Å². The highest BCUT2D eigenvalue weighted by atomic mass is 16.5. The minimum Gasteiger partial charge on any atom is -0.477 e. The fraction of sp³-hybridized carbons (Fsp3) is 0.722. The first kappa shape index (κ1) is 18.0. The topological polar surface area (TPSA) is 34.1 Å². The van der Waals surface area contributed by atoms with Crippen LogP contribution in [-0.4, -0.2) is 17.6 Å². The highest BCUT2D eigenvalue weighted by molar-refractivity contribution is 5.24. The number of aromatic nitrogens is 1. The van der Waals surface area contributed by atoms with Gasteiger partial charge in [-0.25, -0.2) is 4.98 Å². The van der Waals surface area contributed by atoms with Crippen molar-refractivity contribution >= 4 is 0 Å². The fourth-order valence-electron chi connectivity index (χ4n) is 2.31. The molecule has 1 heterocycles. The van der Waals surface area contributed by atoms with Crippen LogP contribution in [0.15, 0.2) is 12.1 Å². The summed E-state index contributed by atoms with van der Waals surface area (Å²) in [6.45, 7) is 12.5. The van der Waals surface area contributed by atoms with Gasteiger partial charge >= 0.3 is 0 Å². The number of aryl methyl sites for hydroxylation is 1. The van der Waals surface area contributed by atoms with Crippen molar-refractivity contribution < 1.29 is 4.74 Å². The van der Waals surface area contributed by atoms with Crippen molar-refractivity contribution in [1.82, 2.24) is 10.3 Å². The zero-order valence-corrected chi connectivity index (χ0v) is 14.4. The Hall–Kier alpha value is -1.09. The van der Waals surface area contributed by atoms with Crippen LogP contribution >= 0.6 is 0 Å². The van der Waals surface area contributed by atoms with E-state index in [1.165, 1.54) is 31.2 Å². The number of pyridine rings is 1. The van der Waals surface area contributed by atoms with Crippen LogP contribution in [0.25, 0.3) is 0 Å². The number of nitrogens with zero attached hydrogens (tertiary/aromatic N) is 1. The van der Waals surface area contributed by atoms with Crippen LogP contribution in [0.5, 0.6) is 5.88 Å². The molecule has 0 radical (unpaired) electrons. The summed E-state index contributed by atoms with van der Waals surface area (Å²) in [5.41, 5.74) is 2.27. The average molecular weight is 292 g/mol. The SMILES string of the molecule is CCCCC(CC)COc1cc(CNC(C)C)cc(C)n1. The lowest BCUT2D eigenvalue weighted by atomic mass is 10.0. The van der Waals surface area contributed by atoms with E-state index in [1.54, 1.807) is 0 Å². The van der Waals surface area contributed by atoms with Crippen molar-refractivity contribution in [3.8, 4) is 5.88 Å². The molecule has 0 fully saturated rings. The van der Waals surface area contributed by atoms with Gasteiger partial charge in [-0.2, -0.15) is 0 Å². The van der Waals surface area contributed by atoms with E-state index >= 15 is 0 Å². The summed E-state index contributed by atoms with van der Waals surface area (Å²) in [6, 6.07) is 4.67. The molecule has 1 rings (SSSR count). The standard InChI is InChI=1S/C18H32N2O/c1-6-8-9-16(7-2)13-21-18-11-17(10-15(5)20-18)12-19-14(3)4/h10-11,14,16,19H,6-9,12-13H2,1-5H3. The lowest BCUT2D eigenvalue weighted by molar-refractivity contribution is 0.225. The average Bonchev–Trinajstić information content (AvgIpc) is 2.45. The molecule has 1 unspecified atom stereocenters. The molecule has 120 valence electrons. The minimum atomic E-state index is 0.487. The first-order valence-corrected chi connectivity index (χ1v) is 8.38. The van der Waals surface area contributed by atoms with E-state index in [2.05, 4.69) is 50.1 Å². The molecule has 0 aliphatic rings. The number of rotatable bonds is 10. The molecular weight excluding hydrogens is 260 g/mol. The van der Waals surface area contributed by atoms with E-state index in [0.717, 1.165) is 24.7 Å². The van der Waals surface area contributed by atoms with Crippen molar-refractivity contribution in [3.05, 3.63) is 23.4 Å². The number of ether oxygens (including phenoxy) is 1. The second-order valence-corrected chi connectivity index (χ2v) is 6.22. The summed E-state index contributed by atoms with van der Waals surface area (Å²) in [5.74, 6) is 1.41. The molecule has 1 N–H and O–H groups in total. The Labute approximate surface area is 130 Å². The summed E-state index contributed by atoms with van der Waals surface area (Å²) < 4.78 is 5.95. The van der Waals surface area contributed by atoms with Crippen molar-refractivity contribution in [3.63, 3.8) is 0 Å². The van der Waals surface area contributed by atoms with Gasteiger partial charge in [-0.1, -0.05) is 47.0 Å². The third-order valence-corrected chi connectivity index (χ3v) is 3.71. The van der Waals surface area contributed by atoms with Crippen molar-refractivity contribution in [2.75, 3.05) is 6.61 Å².